The Labute approximate surface area is 193 Å². The minimum absolute atomic E-state index is 0.245. The SMILES string of the molecule is O=C(NC(Cc1ccccc1)C(=O)OCC(=O)N1CCc2ccccc2C1)c1ccccc1. The second kappa shape index (κ2) is 10.6. The molecular weight excluding hydrogens is 416 g/mol. The van der Waals surface area contributed by atoms with Crippen molar-refractivity contribution in [1.82, 2.24) is 10.2 Å². The molecule has 2 amide bonds. The lowest BCUT2D eigenvalue weighted by molar-refractivity contribution is -0.154. The molecule has 3 aromatic carbocycles. The molecule has 6 heteroatoms. The molecule has 0 saturated carbocycles. The van der Waals surface area contributed by atoms with Crippen molar-refractivity contribution >= 4 is 17.8 Å². The Balaban J connectivity index is 1.39. The van der Waals surface area contributed by atoms with Gasteiger partial charge in [-0.1, -0.05) is 72.8 Å². The lowest BCUT2D eigenvalue weighted by Crippen LogP contribution is -2.45. The molecule has 0 saturated heterocycles. The number of esters is 1. The Morgan fingerprint density at radius 3 is 2.21 bits per heavy atom. The second-order valence-corrected chi connectivity index (χ2v) is 8.02. The Morgan fingerprint density at radius 1 is 0.848 bits per heavy atom. The maximum Gasteiger partial charge on any atom is 0.329 e. The monoisotopic (exact) mass is 442 g/mol. The number of carbonyl (C=O) groups excluding carboxylic acids is 3. The predicted molar refractivity (Wildman–Crippen MR) is 124 cm³/mol. The van der Waals surface area contributed by atoms with Crippen LogP contribution in [-0.2, 0) is 33.7 Å². The first-order valence-corrected chi connectivity index (χ1v) is 11.0. The fourth-order valence-corrected chi connectivity index (χ4v) is 3.91. The van der Waals surface area contributed by atoms with Crippen molar-refractivity contribution in [2.45, 2.75) is 25.4 Å². The summed E-state index contributed by atoms with van der Waals surface area (Å²) in [5, 5.41) is 2.76. The molecular formula is C27H26N2O4. The van der Waals surface area contributed by atoms with Gasteiger partial charge in [0.25, 0.3) is 11.8 Å². The molecule has 1 aliphatic rings. The number of carbonyl (C=O) groups is 3. The average molecular weight is 443 g/mol. The van der Waals surface area contributed by atoms with E-state index in [0.717, 1.165) is 17.5 Å². The summed E-state index contributed by atoms with van der Waals surface area (Å²) in [6.07, 6.45) is 1.04. The molecule has 168 valence electrons. The molecule has 1 atom stereocenters. The van der Waals surface area contributed by atoms with Crippen LogP contribution in [0, 0.1) is 0 Å². The third-order valence-corrected chi connectivity index (χ3v) is 5.73. The van der Waals surface area contributed by atoms with E-state index < -0.39 is 12.0 Å². The van der Waals surface area contributed by atoms with E-state index in [1.165, 1.54) is 5.56 Å². The predicted octanol–water partition coefficient (Wildman–Crippen LogP) is 3.16. The van der Waals surface area contributed by atoms with Crippen molar-refractivity contribution in [3.8, 4) is 0 Å². The van der Waals surface area contributed by atoms with Gasteiger partial charge in [0, 0.05) is 25.1 Å². The number of benzene rings is 3. The van der Waals surface area contributed by atoms with E-state index in [1.54, 1.807) is 29.2 Å². The van der Waals surface area contributed by atoms with Crippen molar-refractivity contribution < 1.29 is 19.1 Å². The van der Waals surface area contributed by atoms with E-state index in [-0.39, 0.29) is 24.8 Å². The van der Waals surface area contributed by atoms with E-state index in [0.29, 0.717) is 18.7 Å². The van der Waals surface area contributed by atoms with Crippen molar-refractivity contribution in [3.05, 3.63) is 107 Å². The van der Waals surface area contributed by atoms with Crippen LogP contribution in [0.1, 0.15) is 27.0 Å². The van der Waals surface area contributed by atoms with Crippen LogP contribution in [0.3, 0.4) is 0 Å². The highest BCUT2D eigenvalue weighted by Gasteiger charge is 2.26. The molecule has 0 fully saturated rings. The number of rotatable bonds is 7. The van der Waals surface area contributed by atoms with Crippen molar-refractivity contribution in [2.75, 3.05) is 13.2 Å². The first kappa shape index (κ1) is 22.3. The number of nitrogens with one attached hydrogen (secondary N) is 1. The largest absolute Gasteiger partial charge is 0.454 e. The molecule has 0 spiro atoms. The van der Waals surface area contributed by atoms with Crippen LogP contribution in [0.15, 0.2) is 84.9 Å². The van der Waals surface area contributed by atoms with E-state index in [4.69, 9.17) is 4.74 Å². The zero-order chi connectivity index (χ0) is 23.0. The van der Waals surface area contributed by atoms with Crippen molar-refractivity contribution in [2.24, 2.45) is 0 Å². The Kier molecular flexibility index (Phi) is 7.15. The summed E-state index contributed by atoms with van der Waals surface area (Å²) in [6, 6.07) is 25.2. The van der Waals surface area contributed by atoms with Crippen LogP contribution in [0.5, 0.6) is 0 Å². The molecule has 3 aromatic rings. The van der Waals surface area contributed by atoms with Crippen molar-refractivity contribution in [3.63, 3.8) is 0 Å². The summed E-state index contributed by atoms with van der Waals surface area (Å²) >= 11 is 0. The minimum Gasteiger partial charge on any atom is -0.454 e. The van der Waals surface area contributed by atoms with Gasteiger partial charge >= 0.3 is 5.97 Å². The van der Waals surface area contributed by atoms with Crippen LogP contribution in [0.25, 0.3) is 0 Å². The quantitative estimate of drug-likeness (QED) is 0.571. The molecule has 0 radical (unpaired) electrons. The van der Waals surface area contributed by atoms with Gasteiger partial charge < -0.3 is 15.0 Å². The Morgan fingerprint density at radius 2 is 1.48 bits per heavy atom. The van der Waals surface area contributed by atoms with E-state index >= 15 is 0 Å². The van der Waals surface area contributed by atoms with E-state index in [1.807, 2.05) is 54.6 Å². The van der Waals surface area contributed by atoms with Crippen LogP contribution in [-0.4, -0.2) is 41.9 Å². The number of fused-ring (bicyclic) bond motifs is 1. The van der Waals surface area contributed by atoms with E-state index in [2.05, 4.69) is 11.4 Å². The second-order valence-electron chi connectivity index (χ2n) is 8.02. The van der Waals surface area contributed by atoms with Gasteiger partial charge in [-0.05, 0) is 35.2 Å². The number of hydrogen-bond donors (Lipinski definition) is 1. The zero-order valence-corrected chi connectivity index (χ0v) is 18.3. The summed E-state index contributed by atoms with van der Waals surface area (Å²) in [6.45, 7) is 0.740. The summed E-state index contributed by atoms with van der Waals surface area (Å²) < 4.78 is 5.37. The molecule has 1 heterocycles. The van der Waals surface area contributed by atoms with Crippen LogP contribution in [0.2, 0.25) is 0 Å². The number of amides is 2. The average Bonchev–Trinajstić information content (AvgIpc) is 2.87. The minimum atomic E-state index is -0.907. The zero-order valence-electron chi connectivity index (χ0n) is 18.3. The summed E-state index contributed by atoms with van der Waals surface area (Å²) in [4.78, 5) is 39.9. The first-order chi connectivity index (χ1) is 16.1. The van der Waals surface area contributed by atoms with Gasteiger partial charge in [0.2, 0.25) is 0 Å². The molecule has 0 aromatic heterocycles. The van der Waals surface area contributed by atoms with Gasteiger partial charge in [0.1, 0.15) is 6.04 Å². The molecule has 1 N–H and O–H groups in total. The molecule has 1 unspecified atom stereocenters. The molecule has 0 bridgehead atoms. The smallest absolute Gasteiger partial charge is 0.329 e. The van der Waals surface area contributed by atoms with Gasteiger partial charge in [0.05, 0.1) is 0 Å². The molecule has 33 heavy (non-hydrogen) atoms. The lowest BCUT2D eigenvalue weighted by atomic mass is 10.00. The first-order valence-electron chi connectivity index (χ1n) is 11.0. The summed E-state index contributed by atoms with van der Waals surface area (Å²) in [5.74, 6) is -1.24. The van der Waals surface area contributed by atoms with Gasteiger partial charge in [0.15, 0.2) is 6.61 Å². The van der Waals surface area contributed by atoms with Crippen molar-refractivity contribution in [1.29, 1.82) is 0 Å². The normalized spacial score (nSPS) is 13.5. The standard InChI is InChI=1S/C27H26N2O4/c30-25(29-16-15-21-11-7-8-14-23(21)18-29)19-33-27(32)24(17-20-9-3-1-4-10-20)28-26(31)22-12-5-2-6-13-22/h1-14,24H,15-19H2,(H,28,31). The summed E-state index contributed by atoms with van der Waals surface area (Å²) in [7, 11) is 0. The fourth-order valence-electron chi connectivity index (χ4n) is 3.91. The van der Waals surface area contributed by atoms with Gasteiger partial charge in [-0.15, -0.1) is 0 Å². The Bertz CT molecular complexity index is 1120. The number of hydrogen-bond acceptors (Lipinski definition) is 4. The van der Waals surface area contributed by atoms with Gasteiger partial charge in [-0.25, -0.2) is 4.79 Å². The van der Waals surface area contributed by atoms with Gasteiger partial charge in [-0.3, -0.25) is 9.59 Å². The van der Waals surface area contributed by atoms with Crippen LogP contribution < -0.4 is 5.32 Å². The fraction of sp³-hybridized carbons (Fsp3) is 0.222. The maximum atomic E-state index is 12.9. The third-order valence-electron chi connectivity index (χ3n) is 5.73. The summed E-state index contributed by atoms with van der Waals surface area (Å²) in [5.41, 5.74) is 3.68. The lowest BCUT2D eigenvalue weighted by Gasteiger charge is -2.29. The molecule has 4 rings (SSSR count). The van der Waals surface area contributed by atoms with E-state index in [9.17, 15) is 14.4 Å². The third kappa shape index (κ3) is 5.86. The highest BCUT2D eigenvalue weighted by Crippen LogP contribution is 2.18. The number of ether oxygens (including phenoxy) is 1. The van der Waals surface area contributed by atoms with Gasteiger partial charge in [-0.2, -0.15) is 0 Å². The molecule has 6 nitrogen and oxygen atoms in total. The topological polar surface area (TPSA) is 75.7 Å². The molecule has 0 aliphatic carbocycles. The Hall–Kier alpha value is -3.93. The number of nitrogens with zero attached hydrogens (tertiary/aromatic N) is 1. The maximum absolute atomic E-state index is 12.9. The van der Waals surface area contributed by atoms with Crippen LogP contribution in [0.4, 0.5) is 0 Å². The highest BCUT2D eigenvalue weighted by molar-refractivity contribution is 5.97. The van der Waals surface area contributed by atoms with Crippen LogP contribution >= 0.6 is 0 Å². The highest BCUT2D eigenvalue weighted by atomic mass is 16.5. The molecule has 1 aliphatic heterocycles.